The Kier molecular flexibility index (Phi) is 5.27. The van der Waals surface area contributed by atoms with Crippen LogP contribution < -0.4 is 5.32 Å². The first-order chi connectivity index (χ1) is 9.22. The summed E-state index contributed by atoms with van der Waals surface area (Å²) in [4.78, 5) is 27.7. The van der Waals surface area contributed by atoms with Crippen molar-refractivity contribution < 1.29 is 9.59 Å². The molecule has 2 bridgehead atoms. The fourth-order valence-electron chi connectivity index (χ4n) is 3.47. The van der Waals surface area contributed by atoms with Gasteiger partial charge in [0.05, 0.1) is 0 Å². The fraction of sp³-hybridized carbons (Fsp3) is 0.857. The van der Waals surface area contributed by atoms with E-state index in [2.05, 4.69) is 5.32 Å². The maximum absolute atomic E-state index is 12.3. The highest BCUT2D eigenvalue weighted by atomic mass is 35.5. The van der Waals surface area contributed by atoms with Crippen molar-refractivity contribution in [2.75, 3.05) is 32.7 Å². The number of halogens is 1. The van der Waals surface area contributed by atoms with Gasteiger partial charge in [-0.05, 0) is 31.7 Å². The summed E-state index contributed by atoms with van der Waals surface area (Å²) in [6.07, 6.45) is 4.53. The SMILES string of the molecule is Cl.O=C1CCCN1CCC(=O)N1C[C@H]2CC[C@@H](C1)NC2. The second-order valence-corrected chi connectivity index (χ2v) is 6.08. The van der Waals surface area contributed by atoms with Gasteiger partial charge in [0, 0.05) is 45.1 Å². The molecule has 20 heavy (non-hydrogen) atoms. The molecule has 0 aliphatic carbocycles. The van der Waals surface area contributed by atoms with Crippen molar-refractivity contribution >= 4 is 24.2 Å². The molecule has 4 aliphatic heterocycles. The first-order valence-electron chi connectivity index (χ1n) is 7.51. The Labute approximate surface area is 126 Å². The predicted octanol–water partition coefficient (Wildman–Crippen LogP) is 0.631. The Morgan fingerprint density at radius 3 is 2.80 bits per heavy atom. The van der Waals surface area contributed by atoms with E-state index in [1.165, 1.54) is 12.8 Å². The number of hydrogen-bond donors (Lipinski definition) is 1. The molecule has 0 radical (unpaired) electrons. The van der Waals surface area contributed by atoms with E-state index in [9.17, 15) is 9.59 Å². The van der Waals surface area contributed by atoms with Gasteiger partial charge >= 0.3 is 0 Å². The van der Waals surface area contributed by atoms with Crippen molar-refractivity contribution in [2.24, 2.45) is 5.92 Å². The monoisotopic (exact) mass is 301 g/mol. The maximum Gasteiger partial charge on any atom is 0.224 e. The molecule has 2 amide bonds. The third-order valence-electron chi connectivity index (χ3n) is 4.66. The van der Waals surface area contributed by atoms with Crippen LogP contribution in [0.2, 0.25) is 0 Å². The van der Waals surface area contributed by atoms with Gasteiger partial charge in [0.15, 0.2) is 0 Å². The van der Waals surface area contributed by atoms with Crippen LogP contribution in [0.15, 0.2) is 0 Å². The number of rotatable bonds is 3. The van der Waals surface area contributed by atoms with Gasteiger partial charge in [-0.3, -0.25) is 9.59 Å². The molecule has 1 N–H and O–H groups in total. The van der Waals surface area contributed by atoms with Gasteiger partial charge in [0.1, 0.15) is 0 Å². The van der Waals surface area contributed by atoms with E-state index in [0.717, 1.165) is 32.6 Å². The molecule has 6 heteroatoms. The highest BCUT2D eigenvalue weighted by Gasteiger charge is 2.31. The molecule has 4 fully saturated rings. The van der Waals surface area contributed by atoms with Crippen molar-refractivity contribution in [3.63, 3.8) is 0 Å². The first kappa shape index (κ1) is 15.6. The second kappa shape index (κ2) is 6.76. The zero-order valence-electron chi connectivity index (χ0n) is 11.8. The number of nitrogens with one attached hydrogen (secondary N) is 1. The number of amides is 2. The lowest BCUT2D eigenvalue weighted by Gasteiger charge is -2.24. The molecule has 0 aromatic heterocycles. The van der Waals surface area contributed by atoms with Gasteiger partial charge in [-0.1, -0.05) is 0 Å². The molecule has 4 aliphatic rings. The van der Waals surface area contributed by atoms with Crippen LogP contribution >= 0.6 is 12.4 Å². The average molecular weight is 302 g/mol. The Morgan fingerprint density at radius 1 is 1.30 bits per heavy atom. The van der Waals surface area contributed by atoms with Crippen LogP contribution in [-0.2, 0) is 9.59 Å². The lowest BCUT2D eigenvalue weighted by atomic mass is 9.97. The van der Waals surface area contributed by atoms with E-state index < -0.39 is 0 Å². The molecular formula is C14H24ClN3O2. The minimum atomic E-state index is 0. The lowest BCUT2D eigenvalue weighted by Crippen LogP contribution is -2.41. The molecule has 2 atom stereocenters. The summed E-state index contributed by atoms with van der Waals surface area (Å²) in [6, 6.07) is 0.483. The number of hydrogen-bond acceptors (Lipinski definition) is 3. The van der Waals surface area contributed by atoms with Crippen LogP contribution in [0.4, 0.5) is 0 Å². The van der Waals surface area contributed by atoms with Crippen LogP contribution in [-0.4, -0.2) is 60.4 Å². The predicted molar refractivity (Wildman–Crippen MR) is 78.8 cm³/mol. The number of carbonyl (C=O) groups excluding carboxylic acids is 2. The summed E-state index contributed by atoms with van der Waals surface area (Å²) in [5.41, 5.74) is 0. The van der Waals surface area contributed by atoms with Crippen molar-refractivity contribution in [3.05, 3.63) is 0 Å². The summed E-state index contributed by atoms with van der Waals surface area (Å²) in [6.45, 7) is 4.24. The summed E-state index contributed by atoms with van der Waals surface area (Å²) in [7, 11) is 0. The van der Waals surface area contributed by atoms with Crippen molar-refractivity contribution in [3.8, 4) is 0 Å². The van der Waals surface area contributed by atoms with E-state index >= 15 is 0 Å². The minimum absolute atomic E-state index is 0. The lowest BCUT2D eigenvalue weighted by molar-refractivity contribution is -0.133. The van der Waals surface area contributed by atoms with Crippen LogP contribution in [0, 0.1) is 5.92 Å². The quantitative estimate of drug-likeness (QED) is 0.832. The van der Waals surface area contributed by atoms with E-state index in [1.54, 1.807) is 0 Å². The minimum Gasteiger partial charge on any atom is -0.342 e. The third kappa shape index (κ3) is 3.44. The smallest absolute Gasteiger partial charge is 0.224 e. The number of carbonyl (C=O) groups is 2. The number of piperidine rings is 1. The molecule has 0 aromatic carbocycles. The second-order valence-electron chi connectivity index (χ2n) is 6.08. The standard InChI is InChI=1S/C14H23N3O2.ClH/c18-13-2-1-6-16(13)7-5-14(19)17-9-11-3-4-12(10-17)15-8-11;/h11-12,15H,1-10H2;1H/t11-,12-;/m0./s1. The van der Waals surface area contributed by atoms with E-state index in [-0.39, 0.29) is 24.2 Å². The van der Waals surface area contributed by atoms with Crippen molar-refractivity contribution in [2.45, 2.75) is 38.1 Å². The van der Waals surface area contributed by atoms with Crippen LogP contribution in [0.3, 0.4) is 0 Å². The first-order valence-corrected chi connectivity index (χ1v) is 7.51. The molecule has 4 heterocycles. The normalized spacial score (nSPS) is 29.3. The van der Waals surface area contributed by atoms with E-state index in [0.29, 0.717) is 31.3 Å². The van der Waals surface area contributed by atoms with Gasteiger partial charge in [-0.2, -0.15) is 0 Å². The van der Waals surface area contributed by atoms with Crippen molar-refractivity contribution in [1.82, 2.24) is 15.1 Å². The average Bonchev–Trinajstić information content (AvgIpc) is 2.65. The fourth-order valence-corrected chi connectivity index (χ4v) is 3.47. The number of likely N-dealkylation sites (tertiary alicyclic amines) is 1. The van der Waals surface area contributed by atoms with Crippen LogP contribution in [0.1, 0.15) is 32.1 Å². The molecule has 5 nitrogen and oxygen atoms in total. The zero-order chi connectivity index (χ0) is 13.2. The largest absolute Gasteiger partial charge is 0.342 e. The molecule has 4 saturated heterocycles. The molecule has 114 valence electrons. The summed E-state index contributed by atoms with van der Waals surface area (Å²) in [5, 5.41) is 3.51. The van der Waals surface area contributed by atoms with Crippen molar-refractivity contribution in [1.29, 1.82) is 0 Å². The van der Waals surface area contributed by atoms with Gasteiger partial charge in [0.2, 0.25) is 11.8 Å². The van der Waals surface area contributed by atoms with Gasteiger partial charge in [-0.25, -0.2) is 0 Å². The van der Waals surface area contributed by atoms with Crippen LogP contribution in [0.25, 0.3) is 0 Å². The maximum atomic E-state index is 12.3. The Morgan fingerprint density at radius 2 is 2.15 bits per heavy atom. The molecule has 4 rings (SSSR count). The zero-order valence-corrected chi connectivity index (χ0v) is 12.7. The van der Waals surface area contributed by atoms with E-state index in [4.69, 9.17) is 0 Å². The molecular weight excluding hydrogens is 278 g/mol. The van der Waals surface area contributed by atoms with Crippen LogP contribution in [0.5, 0.6) is 0 Å². The Bertz CT molecular complexity index is 355. The molecule has 0 saturated carbocycles. The third-order valence-corrected chi connectivity index (χ3v) is 4.66. The summed E-state index contributed by atoms with van der Waals surface area (Å²) in [5.74, 6) is 1.06. The highest BCUT2D eigenvalue weighted by Crippen LogP contribution is 2.22. The summed E-state index contributed by atoms with van der Waals surface area (Å²) < 4.78 is 0. The van der Waals surface area contributed by atoms with Gasteiger partial charge in [-0.15, -0.1) is 12.4 Å². The Balaban J connectivity index is 0.00000147. The topological polar surface area (TPSA) is 52.7 Å². The molecule has 0 spiro atoms. The number of nitrogens with zero attached hydrogens (tertiary/aromatic N) is 2. The van der Waals surface area contributed by atoms with Gasteiger partial charge < -0.3 is 15.1 Å². The number of fused-ring (bicyclic) bond motifs is 4. The summed E-state index contributed by atoms with van der Waals surface area (Å²) >= 11 is 0. The molecule has 0 aromatic rings. The Hall–Kier alpha value is -0.810. The van der Waals surface area contributed by atoms with Gasteiger partial charge in [0.25, 0.3) is 0 Å². The highest BCUT2D eigenvalue weighted by molar-refractivity contribution is 5.85. The van der Waals surface area contributed by atoms with E-state index in [1.807, 2.05) is 9.80 Å². The molecule has 0 unspecified atom stereocenters.